The lowest BCUT2D eigenvalue weighted by Gasteiger charge is -2.20. The Bertz CT molecular complexity index is 418. The minimum absolute atomic E-state index is 0.262. The molecule has 1 fully saturated rings. The zero-order valence-corrected chi connectivity index (χ0v) is 12.7. The summed E-state index contributed by atoms with van der Waals surface area (Å²) >= 11 is 0. The predicted molar refractivity (Wildman–Crippen MR) is 73.5 cm³/mol. The van der Waals surface area contributed by atoms with Crippen LogP contribution in [0.2, 0.25) is 0 Å². The summed E-state index contributed by atoms with van der Waals surface area (Å²) in [6.45, 7) is 0. The number of amides is 2. The van der Waals surface area contributed by atoms with Gasteiger partial charge >= 0.3 is 12.1 Å². The first-order valence-corrected chi connectivity index (χ1v) is 7.11. The molecule has 22 heavy (non-hydrogen) atoms. The number of carbonyl (C=O) groups is 2. The van der Waals surface area contributed by atoms with Gasteiger partial charge in [-0.1, -0.05) is 31.8 Å². The SMILES string of the molecule is CON(C)C(=O)/C=C/[C@@H](CC1CCCC1)NC(=O)C(F)(F)F. The van der Waals surface area contributed by atoms with E-state index in [1.807, 2.05) is 5.32 Å². The van der Waals surface area contributed by atoms with E-state index < -0.39 is 24.0 Å². The third-order valence-corrected chi connectivity index (χ3v) is 3.69. The largest absolute Gasteiger partial charge is 0.471 e. The van der Waals surface area contributed by atoms with Crippen molar-refractivity contribution in [1.82, 2.24) is 10.4 Å². The number of nitrogens with one attached hydrogen (secondary N) is 1. The van der Waals surface area contributed by atoms with Gasteiger partial charge in [-0.05, 0) is 12.3 Å². The van der Waals surface area contributed by atoms with Crippen molar-refractivity contribution in [3.05, 3.63) is 12.2 Å². The van der Waals surface area contributed by atoms with Crippen molar-refractivity contribution < 1.29 is 27.6 Å². The van der Waals surface area contributed by atoms with Crippen molar-refractivity contribution in [2.45, 2.75) is 44.3 Å². The van der Waals surface area contributed by atoms with Crippen LogP contribution in [0.3, 0.4) is 0 Å². The molecule has 1 saturated carbocycles. The molecular formula is C14H21F3N2O3. The number of hydroxylamine groups is 2. The van der Waals surface area contributed by atoms with E-state index in [-0.39, 0.29) is 5.92 Å². The lowest BCUT2D eigenvalue weighted by molar-refractivity contribution is -0.174. The van der Waals surface area contributed by atoms with Gasteiger partial charge < -0.3 is 5.32 Å². The molecule has 0 unspecified atom stereocenters. The van der Waals surface area contributed by atoms with E-state index in [0.717, 1.165) is 36.8 Å². The number of hydrogen-bond acceptors (Lipinski definition) is 3. The predicted octanol–water partition coefficient (Wildman–Crippen LogP) is 2.19. The molecule has 2 amide bonds. The highest BCUT2D eigenvalue weighted by Gasteiger charge is 2.39. The molecule has 5 nitrogen and oxygen atoms in total. The molecule has 1 N–H and O–H groups in total. The monoisotopic (exact) mass is 322 g/mol. The van der Waals surface area contributed by atoms with Gasteiger partial charge in [-0.3, -0.25) is 14.4 Å². The first-order valence-electron chi connectivity index (χ1n) is 7.11. The first kappa shape index (κ1) is 18.5. The highest BCUT2D eigenvalue weighted by atomic mass is 19.4. The zero-order valence-electron chi connectivity index (χ0n) is 12.7. The summed E-state index contributed by atoms with van der Waals surface area (Å²) in [7, 11) is 2.68. The quantitative estimate of drug-likeness (QED) is 0.602. The Morgan fingerprint density at radius 1 is 1.36 bits per heavy atom. The van der Waals surface area contributed by atoms with Crippen LogP contribution in [0, 0.1) is 5.92 Å². The number of alkyl halides is 3. The fraction of sp³-hybridized carbons (Fsp3) is 0.714. The van der Waals surface area contributed by atoms with Gasteiger partial charge in [0.05, 0.1) is 7.11 Å². The molecule has 0 aliphatic heterocycles. The number of carbonyl (C=O) groups excluding carboxylic acids is 2. The van der Waals surface area contributed by atoms with Crippen molar-refractivity contribution >= 4 is 11.8 Å². The van der Waals surface area contributed by atoms with E-state index in [4.69, 9.17) is 0 Å². The Hall–Kier alpha value is -1.57. The van der Waals surface area contributed by atoms with Gasteiger partial charge in [0.2, 0.25) is 0 Å². The average molecular weight is 322 g/mol. The van der Waals surface area contributed by atoms with E-state index in [1.165, 1.54) is 20.2 Å². The average Bonchev–Trinajstić information content (AvgIpc) is 2.95. The molecule has 0 heterocycles. The van der Waals surface area contributed by atoms with Crippen molar-refractivity contribution in [3.8, 4) is 0 Å². The summed E-state index contributed by atoms with van der Waals surface area (Å²) in [6.07, 6.45) is 1.80. The molecule has 0 aromatic rings. The Morgan fingerprint density at radius 2 is 1.95 bits per heavy atom. The van der Waals surface area contributed by atoms with Gasteiger partial charge in [0.25, 0.3) is 5.91 Å². The Labute approximate surface area is 127 Å². The lowest BCUT2D eigenvalue weighted by atomic mass is 9.98. The Balaban J connectivity index is 2.70. The van der Waals surface area contributed by atoms with Gasteiger partial charge in [0.1, 0.15) is 0 Å². The molecule has 8 heteroatoms. The van der Waals surface area contributed by atoms with Gasteiger partial charge in [-0.15, -0.1) is 0 Å². The lowest BCUT2D eigenvalue weighted by Crippen LogP contribution is -2.43. The summed E-state index contributed by atoms with van der Waals surface area (Å²) < 4.78 is 37.1. The minimum Gasteiger partial charge on any atom is -0.342 e. The van der Waals surface area contributed by atoms with Gasteiger partial charge in [0, 0.05) is 19.2 Å². The minimum atomic E-state index is -4.94. The molecule has 1 aliphatic carbocycles. The smallest absolute Gasteiger partial charge is 0.342 e. The standard InChI is InChI=1S/C14H21F3N2O3/c1-19(22-2)12(20)8-7-11(9-10-5-3-4-6-10)18-13(21)14(15,16)17/h7-8,10-11H,3-6,9H2,1-2H3,(H,18,21)/b8-7+/t11-/m0/s1. The van der Waals surface area contributed by atoms with E-state index in [1.54, 1.807) is 0 Å². The molecule has 126 valence electrons. The van der Waals surface area contributed by atoms with Crippen LogP contribution in [-0.4, -0.2) is 43.3 Å². The molecule has 0 spiro atoms. The third-order valence-electron chi connectivity index (χ3n) is 3.69. The zero-order chi connectivity index (χ0) is 16.8. The molecule has 0 radical (unpaired) electrons. The highest BCUT2D eigenvalue weighted by molar-refractivity contribution is 5.87. The van der Waals surface area contributed by atoms with Gasteiger partial charge in [-0.25, -0.2) is 5.06 Å². The molecule has 1 rings (SSSR count). The van der Waals surface area contributed by atoms with Crippen molar-refractivity contribution in [2.24, 2.45) is 5.92 Å². The summed E-state index contributed by atoms with van der Waals surface area (Å²) in [5, 5.41) is 2.87. The van der Waals surface area contributed by atoms with E-state index >= 15 is 0 Å². The maximum absolute atomic E-state index is 12.4. The topological polar surface area (TPSA) is 58.6 Å². The molecular weight excluding hydrogens is 301 g/mol. The van der Waals surface area contributed by atoms with Crippen LogP contribution in [0.15, 0.2) is 12.2 Å². The summed E-state index contributed by atoms with van der Waals surface area (Å²) in [4.78, 5) is 27.3. The van der Waals surface area contributed by atoms with Crippen LogP contribution in [0.25, 0.3) is 0 Å². The first-order chi connectivity index (χ1) is 10.2. The second kappa shape index (κ2) is 8.17. The molecule has 0 aromatic heterocycles. The van der Waals surface area contributed by atoms with Crippen molar-refractivity contribution in [2.75, 3.05) is 14.2 Å². The van der Waals surface area contributed by atoms with E-state index in [0.29, 0.717) is 6.42 Å². The van der Waals surface area contributed by atoms with E-state index in [2.05, 4.69) is 4.84 Å². The molecule has 1 atom stereocenters. The molecule has 1 aliphatic rings. The second-order valence-corrected chi connectivity index (χ2v) is 5.34. The highest BCUT2D eigenvalue weighted by Crippen LogP contribution is 2.29. The van der Waals surface area contributed by atoms with Crippen LogP contribution in [0.4, 0.5) is 13.2 Å². The molecule has 0 saturated heterocycles. The van der Waals surface area contributed by atoms with Crippen LogP contribution in [-0.2, 0) is 14.4 Å². The van der Waals surface area contributed by atoms with Crippen LogP contribution >= 0.6 is 0 Å². The molecule has 0 bridgehead atoms. The van der Waals surface area contributed by atoms with Gasteiger partial charge in [-0.2, -0.15) is 13.2 Å². The Morgan fingerprint density at radius 3 is 2.45 bits per heavy atom. The number of rotatable bonds is 6. The van der Waals surface area contributed by atoms with Crippen LogP contribution < -0.4 is 5.32 Å². The third kappa shape index (κ3) is 6.05. The maximum Gasteiger partial charge on any atom is 0.471 e. The summed E-state index contributed by atoms with van der Waals surface area (Å²) in [5.74, 6) is -2.24. The molecule has 0 aromatic carbocycles. The Kier molecular flexibility index (Phi) is 6.86. The second-order valence-electron chi connectivity index (χ2n) is 5.34. The number of halogens is 3. The normalized spacial score (nSPS) is 17.7. The van der Waals surface area contributed by atoms with Crippen molar-refractivity contribution in [1.29, 1.82) is 0 Å². The number of nitrogens with zero attached hydrogens (tertiary/aromatic N) is 1. The van der Waals surface area contributed by atoms with E-state index in [9.17, 15) is 22.8 Å². The van der Waals surface area contributed by atoms with Crippen LogP contribution in [0.5, 0.6) is 0 Å². The number of hydrogen-bond donors (Lipinski definition) is 1. The number of likely N-dealkylation sites (N-methyl/N-ethyl adjacent to an activating group) is 1. The van der Waals surface area contributed by atoms with Crippen LogP contribution in [0.1, 0.15) is 32.1 Å². The fourth-order valence-electron chi connectivity index (χ4n) is 2.43. The summed E-state index contributed by atoms with van der Waals surface area (Å²) in [6, 6.07) is -0.827. The maximum atomic E-state index is 12.4. The van der Waals surface area contributed by atoms with Gasteiger partial charge in [0.15, 0.2) is 0 Å². The fourth-order valence-corrected chi connectivity index (χ4v) is 2.43. The summed E-state index contributed by atoms with van der Waals surface area (Å²) in [5.41, 5.74) is 0. The van der Waals surface area contributed by atoms with Crippen molar-refractivity contribution in [3.63, 3.8) is 0 Å².